The summed E-state index contributed by atoms with van der Waals surface area (Å²) in [5, 5.41) is 14.6. The fourth-order valence-electron chi connectivity index (χ4n) is 2.56. The predicted molar refractivity (Wildman–Crippen MR) is 85.4 cm³/mol. The van der Waals surface area contributed by atoms with Gasteiger partial charge in [-0.3, -0.25) is 4.90 Å². The number of aryl methyl sites for hydroxylation is 1. The van der Waals surface area contributed by atoms with E-state index < -0.39 is 0 Å². The second-order valence-electron chi connectivity index (χ2n) is 5.43. The molecule has 0 amide bonds. The van der Waals surface area contributed by atoms with Gasteiger partial charge in [0.15, 0.2) is 0 Å². The summed E-state index contributed by atoms with van der Waals surface area (Å²) in [6.07, 6.45) is 3.66. The molecule has 3 rings (SSSR count). The lowest BCUT2D eigenvalue weighted by molar-refractivity contribution is 0.240. The normalized spacial score (nSPS) is 13.3. The van der Waals surface area contributed by atoms with Crippen molar-refractivity contribution in [1.29, 1.82) is 0 Å². The van der Waals surface area contributed by atoms with Crippen LogP contribution in [0.3, 0.4) is 0 Å². The van der Waals surface area contributed by atoms with E-state index in [0.717, 1.165) is 35.8 Å². The highest BCUT2D eigenvalue weighted by Crippen LogP contribution is 2.39. The molecule has 0 radical (unpaired) electrons. The molecule has 1 atom stereocenters. The van der Waals surface area contributed by atoms with Crippen LogP contribution in [0.2, 0.25) is 0 Å². The van der Waals surface area contributed by atoms with Gasteiger partial charge in [-0.15, -0.1) is 0 Å². The summed E-state index contributed by atoms with van der Waals surface area (Å²) >= 11 is 1.44. The molecule has 0 fully saturated rings. The van der Waals surface area contributed by atoms with Gasteiger partial charge in [-0.25, -0.2) is 4.98 Å². The van der Waals surface area contributed by atoms with Crippen LogP contribution in [0, 0.1) is 6.92 Å². The summed E-state index contributed by atoms with van der Waals surface area (Å²) in [6, 6.07) is 3.79. The first kappa shape index (κ1) is 15.1. The van der Waals surface area contributed by atoms with Gasteiger partial charge in [-0.05, 0) is 39.1 Å². The lowest BCUT2D eigenvalue weighted by Crippen LogP contribution is -2.25. The van der Waals surface area contributed by atoms with Crippen molar-refractivity contribution in [2.45, 2.75) is 32.7 Å². The van der Waals surface area contributed by atoms with Gasteiger partial charge in [0.25, 0.3) is 0 Å². The van der Waals surface area contributed by atoms with Crippen LogP contribution in [-0.4, -0.2) is 38.2 Å². The molecule has 0 bridgehead atoms. The zero-order chi connectivity index (χ0) is 15.7. The van der Waals surface area contributed by atoms with E-state index in [1.165, 1.54) is 22.2 Å². The summed E-state index contributed by atoms with van der Waals surface area (Å²) in [5.41, 5.74) is 0. The Morgan fingerprint density at radius 1 is 1.45 bits per heavy atom. The number of hydrogen-bond donors (Lipinski definition) is 1. The molecule has 7 heteroatoms. The van der Waals surface area contributed by atoms with Crippen LogP contribution in [0.5, 0.6) is 5.88 Å². The molecule has 0 saturated heterocycles. The van der Waals surface area contributed by atoms with Crippen LogP contribution in [0.4, 0.5) is 0 Å². The highest BCUT2D eigenvalue weighted by Gasteiger charge is 2.29. The number of fused-ring (bicyclic) bond motifs is 1. The lowest BCUT2D eigenvalue weighted by atomic mass is 10.1. The highest BCUT2D eigenvalue weighted by molar-refractivity contribution is 7.17. The predicted octanol–water partition coefficient (Wildman–Crippen LogP) is 3.22. The van der Waals surface area contributed by atoms with Crippen LogP contribution in [-0.2, 0) is 0 Å². The van der Waals surface area contributed by atoms with E-state index in [0.29, 0.717) is 4.96 Å². The lowest BCUT2D eigenvalue weighted by Gasteiger charge is -2.25. The van der Waals surface area contributed by atoms with Crippen LogP contribution in [0.1, 0.15) is 42.2 Å². The molecule has 3 aromatic rings. The highest BCUT2D eigenvalue weighted by atomic mass is 32.1. The van der Waals surface area contributed by atoms with E-state index in [2.05, 4.69) is 21.9 Å². The molecule has 3 heterocycles. The third-order valence-corrected chi connectivity index (χ3v) is 4.81. The first-order valence-corrected chi connectivity index (χ1v) is 8.21. The second-order valence-corrected chi connectivity index (χ2v) is 6.44. The number of furan rings is 1. The Labute approximate surface area is 133 Å². The maximum absolute atomic E-state index is 10.5. The second kappa shape index (κ2) is 6.10. The quantitative estimate of drug-likeness (QED) is 0.755. The molecule has 6 nitrogen and oxygen atoms in total. The number of nitrogens with zero attached hydrogens (tertiary/aromatic N) is 4. The molecule has 3 aromatic heterocycles. The maximum Gasteiger partial charge on any atom is 0.230 e. The number of hydrogen-bond acceptors (Lipinski definition) is 6. The fourth-order valence-corrected chi connectivity index (χ4v) is 3.66. The molecule has 0 spiro atoms. The Morgan fingerprint density at radius 2 is 2.27 bits per heavy atom. The maximum atomic E-state index is 10.5. The molecule has 0 saturated carbocycles. The number of rotatable bonds is 6. The zero-order valence-corrected chi connectivity index (χ0v) is 13.8. The number of aromatic nitrogens is 3. The van der Waals surface area contributed by atoms with Crippen molar-refractivity contribution in [3.05, 3.63) is 34.9 Å². The summed E-state index contributed by atoms with van der Waals surface area (Å²) in [7, 11) is 2.05. The van der Waals surface area contributed by atoms with Gasteiger partial charge in [0, 0.05) is 0 Å². The molecule has 0 aliphatic carbocycles. The van der Waals surface area contributed by atoms with Crippen molar-refractivity contribution in [3.63, 3.8) is 0 Å². The summed E-state index contributed by atoms with van der Waals surface area (Å²) in [5.74, 6) is 1.83. The summed E-state index contributed by atoms with van der Waals surface area (Å²) in [6.45, 7) is 5.02. The fraction of sp³-hybridized carbons (Fsp3) is 0.467. The van der Waals surface area contributed by atoms with Gasteiger partial charge in [0.2, 0.25) is 10.8 Å². The molecular weight excluding hydrogens is 300 g/mol. The monoisotopic (exact) mass is 320 g/mol. The molecule has 22 heavy (non-hydrogen) atoms. The third-order valence-electron chi connectivity index (χ3n) is 3.72. The topological polar surface area (TPSA) is 66.8 Å². The minimum Gasteiger partial charge on any atom is -0.492 e. The standard InChI is InChI=1S/C15H20N4O2S/c1-4-5-8-18(3)12(11-7-6-10(2)21-11)13-14(20)19-15(22-13)16-9-17-19/h6-7,9,12,20H,4-5,8H2,1-3H3. The molecule has 0 aromatic carbocycles. The zero-order valence-electron chi connectivity index (χ0n) is 13.0. The first-order chi connectivity index (χ1) is 10.6. The smallest absolute Gasteiger partial charge is 0.230 e. The van der Waals surface area contributed by atoms with E-state index in [1.807, 2.05) is 26.1 Å². The summed E-state index contributed by atoms with van der Waals surface area (Å²) < 4.78 is 7.30. The SMILES string of the molecule is CCCCN(C)C(c1ccc(C)o1)c1sc2ncnn2c1O. The van der Waals surface area contributed by atoms with E-state index in [4.69, 9.17) is 4.42 Å². The van der Waals surface area contributed by atoms with E-state index in [1.54, 1.807) is 0 Å². The largest absolute Gasteiger partial charge is 0.492 e. The molecular formula is C15H20N4O2S. The number of aromatic hydroxyl groups is 1. The third kappa shape index (κ3) is 2.62. The summed E-state index contributed by atoms with van der Waals surface area (Å²) in [4.78, 5) is 7.86. The van der Waals surface area contributed by atoms with Gasteiger partial charge in [0.05, 0.1) is 4.88 Å². The Bertz CT molecular complexity index is 761. The van der Waals surface area contributed by atoms with Gasteiger partial charge in [-0.2, -0.15) is 9.61 Å². The van der Waals surface area contributed by atoms with E-state index in [-0.39, 0.29) is 11.9 Å². The molecule has 1 unspecified atom stereocenters. The van der Waals surface area contributed by atoms with E-state index in [9.17, 15) is 5.11 Å². The average molecular weight is 320 g/mol. The van der Waals surface area contributed by atoms with Crippen molar-refractivity contribution in [1.82, 2.24) is 19.5 Å². The van der Waals surface area contributed by atoms with Crippen molar-refractivity contribution in [2.24, 2.45) is 0 Å². The number of unbranched alkanes of at least 4 members (excludes halogenated alkanes) is 1. The number of thiazole rings is 1. The van der Waals surface area contributed by atoms with Crippen molar-refractivity contribution < 1.29 is 9.52 Å². The van der Waals surface area contributed by atoms with Crippen molar-refractivity contribution in [2.75, 3.05) is 13.6 Å². The molecule has 1 N–H and O–H groups in total. The van der Waals surface area contributed by atoms with Crippen molar-refractivity contribution in [3.8, 4) is 5.88 Å². The van der Waals surface area contributed by atoms with Crippen LogP contribution >= 0.6 is 11.3 Å². The molecule has 0 aliphatic rings. The van der Waals surface area contributed by atoms with Gasteiger partial charge >= 0.3 is 0 Å². The first-order valence-electron chi connectivity index (χ1n) is 7.39. The minimum atomic E-state index is -0.131. The average Bonchev–Trinajstić information content (AvgIpc) is 3.18. The Hall–Kier alpha value is -1.86. The van der Waals surface area contributed by atoms with Gasteiger partial charge < -0.3 is 9.52 Å². The van der Waals surface area contributed by atoms with Gasteiger partial charge in [-0.1, -0.05) is 24.7 Å². The molecule has 0 aliphatic heterocycles. The van der Waals surface area contributed by atoms with Crippen LogP contribution in [0.25, 0.3) is 4.96 Å². The molecule has 118 valence electrons. The van der Waals surface area contributed by atoms with Crippen LogP contribution < -0.4 is 0 Å². The van der Waals surface area contributed by atoms with Crippen LogP contribution in [0.15, 0.2) is 22.9 Å². The Morgan fingerprint density at radius 3 is 2.91 bits per heavy atom. The van der Waals surface area contributed by atoms with E-state index >= 15 is 0 Å². The Kier molecular flexibility index (Phi) is 4.17. The minimum absolute atomic E-state index is 0.131. The van der Waals surface area contributed by atoms with Gasteiger partial charge in [0.1, 0.15) is 23.9 Å². The Balaban J connectivity index is 2.03. The van der Waals surface area contributed by atoms with Crippen molar-refractivity contribution >= 4 is 16.3 Å².